The molecule has 0 saturated carbocycles. The van der Waals surface area contributed by atoms with E-state index in [-0.39, 0.29) is 0 Å². The van der Waals surface area contributed by atoms with Gasteiger partial charge in [0.1, 0.15) is 0 Å². The monoisotopic (exact) mass is 402 g/mol. The summed E-state index contributed by atoms with van der Waals surface area (Å²) in [6.07, 6.45) is 0. The van der Waals surface area contributed by atoms with E-state index in [0.717, 1.165) is 45.4 Å². The maximum Gasteiger partial charge on any atom is 0.191 e. The molecular weight excluding hydrogens is 372 g/mol. The summed E-state index contributed by atoms with van der Waals surface area (Å²) in [5, 5.41) is 9.06. The highest BCUT2D eigenvalue weighted by Crippen LogP contribution is 2.25. The van der Waals surface area contributed by atoms with Crippen LogP contribution in [-0.2, 0) is 22.6 Å². The minimum absolute atomic E-state index is 0.326. The normalized spacial score (nSPS) is 16.7. The summed E-state index contributed by atoms with van der Waals surface area (Å²) in [7, 11) is 3.53. The van der Waals surface area contributed by atoms with Gasteiger partial charge in [-0.05, 0) is 22.6 Å². The zero-order chi connectivity index (χ0) is 19.6. The van der Waals surface area contributed by atoms with Crippen molar-refractivity contribution in [1.29, 1.82) is 0 Å². The first-order valence-corrected chi connectivity index (χ1v) is 10.5. The Labute approximate surface area is 171 Å². The number of ether oxygens (including phenoxy) is 2. The molecule has 152 valence electrons. The fourth-order valence-corrected chi connectivity index (χ4v) is 4.24. The summed E-state index contributed by atoms with van der Waals surface area (Å²) < 4.78 is 10.7. The number of hydrogen-bond donors (Lipinski definition) is 2. The predicted octanol–water partition coefficient (Wildman–Crippen LogP) is 2.63. The average molecular weight is 403 g/mol. The highest BCUT2D eigenvalue weighted by atomic mass is 32.1. The van der Waals surface area contributed by atoms with Crippen LogP contribution < -0.4 is 10.6 Å². The molecule has 1 aliphatic rings. The highest BCUT2D eigenvalue weighted by molar-refractivity contribution is 7.10. The van der Waals surface area contributed by atoms with Gasteiger partial charge < -0.3 is 20.1 Å². The van der Waals surface area contributed by atoms with Crippen molar-refractivity contribution in [2.24, 2.45) is 4.99 Å². The molecule has 1 unspecified atom stereocenters. The summed E-state index contributed by atoms with van der Waals surface area (Å²) >= 11 is 1.81. The molecule has 0 radical (unpaired) electrons. The third-order valence-electron chi connectivity index (χ3n) is 4.81. The van der Waals surface area contributed by atoms with Crippen molar-refractivity contribution < 1.29 is 9.47 Å². The van der Waals surface area contributed by atoms with Crippen molar-refractivity contribution in [2.75, 3.05) is 47.0 Å². The maximum atomic E-state index is 5.52. The summed E-state index contributed by atoms with van der Waals surface area (Å²) in [5.41, 5.74) is 2.38. The van der Waals surface area contributed by atoms with E-state index in [2.05, 4.69) is 62.3 Å². The van der Waals surface area contributed by atoms with Crippen LogP contribution in [0.3, 0.4) is 0 Å². The Kier molecular flexibility index (Phi) is 8.29. The molecule has 1 atom stereocenters. The SMILES string of the molecule is CN=C(NCc1cccc(COC)c1)NCC(c1cccs1)N1CCOCC1. The molecule has 28 heavy (non-hydrogen) atoms. The molecule has 0 bridgehead atoms. The van der Waals surface area contributed by atoms with Gasteiger partial charge in [-0.2, -0.15) is 0 Å². The van der Waals surface area contributed by atoms with Crippen molar-refractivity contribution in [3.8, 4) is 0 Å². The van der Waals surface area contributed by atoms with Crippen LogP contribution in [0.25, 0.3) is 0 Å². The Hall–Kier alpha value is -1.93. The van der Waals surface area contributed by atoms with Crippen LogP contribution in [0.5, 0.6) is 0 Å². The maximum absolute atomic E-state index is 5.52. The standard InChI is InChI=1S/C21H30N4O2S/c1-22-21(23-14-17-5-3-6-18(13-17)16-26-2)24-15-19(20-7-4-12-28-20)25-8-10-27-11-9-25/h3-7,12-13,19H,8-11,14-16H2,1-2H3,(H2,22,23,24). The topological polar surface area (TPSA) is 58.1 Å². The van der Waals surface area contributed by atoms with Gasteiger partial charge in [0.2, 0.25) is 0 Å². The lowest BCUT2D eigenvalue weighted by molar-refractivity contribution is 0.0177. The summed E-state index contributed by atoms with van der Waals surface area (Å²) in [5.74, 6) is 0.812. The minimum Gasteiger partial charge on any atom is -0.380 e. The number of nitrogens with zero attached hydrogens (tertiary/aromatic N) is 2. The number of rotatable bonds is 8. The average Bonchev–Trinajstić information content (AvgIpc) is 3.26. The molecule has 1 aromatic carbocycles. The van der Waals surface area contributed by atoms with Gasteiger partial charge in [0, 0.05) is 45.2 Å². The van der Waals surface area contributed by atoms with Crippen LogP contribution in [0.2, 0.25) is 0 Å². The Balaban J connectivity index is 1.56. The van der Waals surface area contributed by atoms with Crippen LogP contribution in [0.1, 0.15) is 22.0 Å². The quantitative estimate of drug-likeness (QED) is 0.525. The molecule has 3 rings (SSSR count). The molecule has 0 amide bonds. The van der Waals surface area contributed by atoms with E-state index >= 15 is 0 Å². The van der Waals surface area contributed by atoms with Crippen LogP contribution in [-0.4, -0.2) is 57.9 Å². The van der Waals surface area contributed by atoms with Crippen molar-refractivity contribution >= 4 is 17.3 Å². The first-order chi connectivity index (χ1) is 13.8. The predicted molar refractivity (Wildman–Crippen MR) is 115 cm³/mol. The van der Waals surface area contributed by atoms with Crippen molar-refractivity contribution in [3.63, 3.8) is 0 Å². The number of guanidine groups is 1. The van der Waals surface area contributed by atoms with E-state index < -0.39 is 0 Å². The molecule has 1 fully saturated rings. The van der Waals surface area contributed by atoms with E-state index in [1.54, 1.807) is 18.4 Å². The Morgan fingerprint density at radius 3 is 2.75 bits per heavy atom. The van der Waals surface area contributed by atoms with Crippen molar-refractivity contribution in [2.45, 2.75) is 19.2 Å². The fraction of sp³-hybridized carbons (Fsp3) is 0.476. The van der Waals surface area contributed by atoms with E-state index in [9.17, 15) is 0 Å². The zero-order valence-electron chi connectivity index (χ0n) is 16.7. The summed E-state index contributed by atoms with van der Waals surface area (Å²) in [6.45, 7) is 5.68. The number of morpholine rings is 1. The van der Waals surface area contributed by atoms with E-state index in [1.165, 1.54) is 16.0 Å². The number of methoxy groups -OCH3 is 1. The third kappa shape index (κ3) is 6.04. The summed E-state index contributed by atoms with van der Waals surface area (Å²) in [4.78, 5) is 8.25. The van der Waals surface area contributed by atoms with Gasteiger partial charge in [-0.25, -0.2) is 0 Å². The Bertz CT molecular complexity index is 730. The fourth-order valence-electron chi connectivity index (χ4n) is 3.38. The van der Waals surface area contributed by atoms with Gasteiger partial charge in [0.15, 0.2) is 5.96 Å². The number of benzene rings is 1. The first-order valence-electron chi connectivity index (χ1n) is 9.66. The van der Waals surface area contributed by atoms with Crippen LogP contribution in [0.15, 0.2) is 46.8 Å². The smallest absolute Gasteiger partial charge is 0.191 e. The first kappa shape index (κ1) is 20.8. The molecular formula is C21H30N4O2S. The molecule has 1 aromatic heterocycles. The lowest BCUT2D eigenvalue weighted by Crippen LogP contribution is -2.46. The highest BCUT2D eigenvalue weighted by Gasteiger charge is 2.23. The Morgan fingerprint density at radius 2 is 2.04 bits per heavy atom. The zero-order valence-corrected chi connectivity index (χ0v) is 17.5. The molecule has 1 aliphatic heterocycles. The van der Waals surface area contributed by atoms with E-state index in [1.807, 2.05) is 7.05 Å². The van der Waals surface area contributed by atoms with Crippen molar-refractivity contribution in [1.82, 2.24) is 15.5 Å². The molecule has 6 nitrogen and oxygen atoms in total. The largest absolute Gasteiger partial charge is 0.380 e. The van der Waals surface area contributed by atoms with Gasteiger partial charge in [0.25, 0.3) is 0 Å². The van der Waals surface area contributed by atoms with Crippen LogP contribution >= 0.6 is 11.3 Å². The van der Waals surface area contributed by atoms with E-state index in [4.69, 9.17) is 9.47 Å². The van der Waals surface area contributed by atoms with Gasteiger partial charge in [0.05, 0.1) is 25.9 Å². The minimum atomic E-state index is 0.326. The molecule has 0 spiro atoms. The Morgan fingerprint density at radius 1 is 1.21 bits per heavy atom. The second-order valence-corrected chi connectivity index (χ2v) is 7.72. The third-order valence-corrected chi connectivity index (χ3v) is 5.78. The summed E-state index contributed by atoms with van der Waals surface area (Å²) in [6, 6.07) is 13.1. The van der Waals surface area contributed by atoms with Gasteiger partial charge in [-0.15, -0.1) is 11.3 Å². The van der Waals surface area contributed by atoms with Crippen LogP contribution in [0.4, 0.5) is 0 Å². The second kappa shape index (κ2) is 11.2. The second-order valence-electron chi connectivity index (χ2n) is 6.74. The molecule has 2 N–H and O–H groups in total. The van der Waals surface area contributed by atoms with E-state index in [0.29, 0.717) is 12.6 Å². The van der Waals surface area contributed by atoms with Crippen LogP contribution in [0, 0.1) is 0 Å². The lowest BCUT2D eigenvalue weighted by atomic mass is 10.1. The number of thiophene rings is 1. The van der Waals surface area contributed by atoms with Gasteiger partial charge >= 0.3 is 0 Å². The molecule has 7 heteroatoms. The number of hydrogen-bond acceptors (Lipinski definition) is 5. The number of aliphatic imine (C=N–C) groups is 1. The lowest BCUT2D eigenvalue weighted by Gasteiger charge is -2.34. The van der Waals surface area contributed by atoms with Gasteiger partial charge in [-0.1, -0.05) is 30.3 Å². The molecule has 2 heterocycles. The van der Waals surface area contributed by atoms with Crippen molar-refractivity contribution in [3.05, 3.63) is 57.8 Å². The molecule has 0 aliphatic carbocycles. The van der Waals surface area contributed by atoms with Gasteiger partial charge in [-0.3, -0.25) is 9.89 Å². The molecule has 1 saturated heterocycles. The number of nitrogens with one attached hydrogen (secondary N) is 2. The molecule has 2 aromatic rings.